The van der Waals surface area contributed by atoms with Gasteiger partial charge >= 0.3 is 0 Å². The van der Waals surface area contributed by atoms with E-state index in [1.807, 2.05) is 31.3 Å². The smallest absolute Gasteiger partial charge is 0.115 e. The summed E-state index contributed by atoms with van der Waals surface area (Å²) < 4.78 is 0. The topological polar surface area (TPSA) is 32.3 Å². The maximum Gasteiger partial charge on any atom is 0.115 e. The molecule has 1 unspecified atom stereocenters. The van der Waals surface area contributed by atoms with Crippen molar-refractivity contribution in [3.63, 3.8) is 0 Å². The van der Waals surface area contributed by atoms with Crippen LogP contribution in [0, 0.1) is 0 Å². The van der Waals surface area contributed by atoms with Crippen molar-refractivity contribution < 1.29 is 5.11 Å². The van der Waals surface area contributed by atoms with Gasteiger partial charge in [-0.2, -0.15) is 0 Å². The van der Waals surface area contributed by atoms with Gasteiger partial charge in [-0.05, 0) is 48.7 Å². The Hall–Kier alpha value is -1.06. The van der Waals surface area contributed by atoms with Crippen LogP contribution in [0.2, 0.25) is 10.0 Å². The van der Waals surface area contributed by atoms with E-state index in [1.165, 1.54) is 0 Å². The van der Waals surface area contributed by atoms with E-state index in [4.69, 9.17) is 23.2 Å². The standard InChI is InChI=1S/C17H17Cl2NO/c1-20-16-8-9-17(21,13-5-3-2-4-12(13)16)11-6-7-14(18)15(19)10-11/h2-7,10,16,20-21H,8-9H2,1H3/t16-,17?/m0/s1. The summed E-state index contributed by atoms with van der Waals surface area (Å²) in [5, 5.41) is 15.6. The van der Waals surface area contributed by atoms with Crippen molar-refractivity contribution in [1.29, 1.82) is 0 Å². The van der Waals surface area contributed by atoms with Crippen molar-refractivity contribution in [3.8, 4) is 0 Å². The Labute approximate surface area is 134 Å². The van der Waals surface area contributed by atoms with Crippen LogP contribution in [0.4, 0.5) is 0 Å². The highest BCUT2D eigenvalue weighted by Gasteiger charge is 2.39. The van der Waals surface area contributed by atoms with Crippen molar-refractivity contribution >= 4 is 23.2 Å². The van der Waals surface area contributed by atoms with Crippen molar-refractivity contribution in [2.75, 3.05) is 7.05 Å². The lowest BCUT2D eigenvalue weighted by atomic mass is 9.73. The summed E-state index contributed by atoms with van der Waals surface area (Å²) in [7, 11) is 1.95. The minimum Gasteiger partial charge on any atom is -0.380 e. The molecule has 4 heteroatoms. The molecule has 2 nitrogen and oxygen atoms in total. The Bertz CT molecular complexity index is 674. The van der Waals surface area contributed by atoms with Crippen LogP contribution in [0.1, 0.15) is 35.6 Å². The van der Waals surface area contributed by atoms with Crippen molar-refractivity contribution in [2.45, 2.75) is 24.5 Å². The van der Waals surface area contributed by atoms with E-state index in [9.17, 15) is 5.11 Å². The maximum atomic E-state index is 11.3. The second kappa shape index (κ2) is 5.62. The van der Waals surface area contributed by atoms with E-state index >= 15 is 0 Å². The third kappa shape index (κ3) is 2.47. The zero-order chi connectivity index (χ0) is 15.0. The molecule has 0 heterocycles. The van der Waals surface area contributed by atoms with Gasteiger partial charge in [-0.1, -0.05) is 53.5 Å². The second-order valence-electron chi connectivity index (χ2n) is 5.46. The van der Waals surface area contributed by atoms with Crippen LogP contribution in [0.5, 0.6) is 0 Å². The van der Waals surface area contributed by atoms with Crippen LogP contribution in [0.25, 0.3) is 0 Å². The molecule has 0 spiro atoms. The number of fused-ring (bicyclic) bond motifs is 1. The molecule has 0 saturated heterocycles. The molecular formula is C17H17Cl2NO. The number of rotatable bonds is 2. The molecular weight excluding hydrogens is 305 g/mol. The molecule has 0 radical (unpaired) electrons. The molecule has 1 aliphatic rings. The van der Waals surface area contributed by atoms with Gasteiger partial charge in [0.25, 0.3) is 0 Å². The number of aliphatic hydroxyl groups is 1. The fraction of sp³-hybridized carbons (Fsp3) is 0.294. The van der Waals surface area contributed by atoms with E-state index < -0.39 is 5.60 Å². The first-order valence-electron chi connectivity index (χ1n) is 7.01. The lowest BCUT2D eigenvalue weighted by Gasteiger charge is -2.38. The maximum absolute atomic E-state index is 11.3. The number of hydrogen-bond acceptors (Lipinski definition) is 2. The van der Waals surface area contributed by atoms with Crippen LogP contribution in [0.15, 0.2) is 42.5 Å². The fourth-order valence-electron chi connectivity index (χ4n) is 3.17. The van der Waals surface area contributed by atoms with Crippen molar-refractivity contribution in [3.05, 3.63) is 69.2 Å². The van der Waals surface area contributed by atoms with E-state index in [0.717, 1.165) is 23.1 Å². The third-order valence-electron chi connectivity index (χ3n) is 4.32. The predicted octanol–water partition coefficient (Wildman–Crippen LogP) is 4.28. The predicted molar refractivity (Wildman–Crippen MR) is 86.9 cm³/mol. The Morgan fingerprint density at radius 1 is 1.14 bits per heavy atom. The van der Waals surface area contributed by atoms with Gasteiger partial charge in [0, 0.05) is 6.04 Å². The summed E-state index contributed by atoms with van der Waals surface area (Å²) in [5.41, 5.74) is 1.85. The van der Waals surface area contributed by atoms with Crippen LogP contribution in [0.3, 0.4) is 0 Å². The molecule has 21 heavy (non-hydrogen) atoms. The first-order chi connectivity index (χ1) is 10.1. The Kier molecular flexibility index (Phi) is 3.98. The molecule has 2 atom stereocenters. The van der Waals surface area contributed by atoms with Gasteiger partial charge < -0.3 is 10.4 Å². The minimum absolute atomic E-state index is 0.268. The fourth-order valence-corrected chi connectivity index (χ4v) is 3.47. The van der Waals surface area contributed by atoms with Crippen LogP contribution < -0.4 is 5.32 Å². The summed E-state index contributed by atoms with van der Waals surface area (Å²) in [6.45, 7) is 0. The zero-order valence-electron chi connectivity index (χ0n) is 11.7. The summed E-state index contributed by atoms with van der Waals surface area (Å²) in [4.78, 5) is 0. The summed E-state index contributed by atoms with van der Waals surface area (Å²) in [6.07, 6.45) is 1.51. The number of hydrogen-bond donors (Lipinski definition) is 2. The first kappa shape index (κ1) is 14.9. The van der Waals surface area contributed by atoms with Gasteiger partial charge in [0.2, 0.25) is 0 Å². The van der Waals surface area contributed by atoms with Gasteiger partial charge in [-0.15, -0.1) is 0 Å². The molecule has 1 aliphatic carbocycles. The van der Waals surface area contributed by atoms with Gasteiger partial charge in [0.1, 0.15) is 5.60 Å². The van der Waals surface area contributed by atoms with Crippen molar-refractivity contribution in [2.24, 2.45) is 0 Å². The van der Waals surface area contributed by atoms with E-state index in [2.05, 4.69) is 11.4 Å². The molecule has 0 saturated carbocycles. The highest BCUT2D eigenvalue weighted by molar-refractivity contribution is 6.42. The summed E-state index contributed by atoms with van der Waals surface area (Å²) in [5.74, 6) is 0. The van der Waals surface area contributed by atoms with E-state index in [0.29, 0.717) is 16.5 Å². The molecule has 2 aromatic carbocycles. The summed E-state index contributed by atoms with van der Waals surface area (Å²) in [6, 6.07) is 13.6. The Morgan fingerprint density at radius 3 is 2.62 bits per heavy atom. The first-order valence-corrected chi connectivity index (χ1v) is 7.76. The lowest BCUT2D eigenvalue weighted by Crippen LogP contribution is -2.36. The lowest BCUT2D eigenvalue weighted by molar-refractivity contribution is 0.0554. The van der Waals surface area contributed by atoms with Gasteiger partial charge in [-0.25, -0.2) is 0 Å². The molecule has 3 rings (SSSR count). The molecule has 0 bridgehead atoms. The normalized spacial score (nSPS) is 24.7. The number of halogens is 2. The molecule has 2 aromatic rings. The zero-order valence-corrected chi connectivity index (χ0v) is 13.2. The number of benzene rings is 2. The van der Waals surface area contributed by atoms with Crippen LogP contribution in [-0.4, -0.2) is 12.2 Å². The average Bonchev–Trinajstić information content (AvgIpc) is 2.51. The SMILES string of the molecule is CN[C@H]1CCC(O)(c2ccc(Cl)c(Cl)c2)c2ccccc21. The van der Waals surface area contributed by atoms with Crippen molar-refractivity contribution in [1.82, 2.24) is 5.32 Å². The summed E-state index contributed by atoms with van der Waals surface area (Å²) >= 11 is 12.1. The Balaban J connectivity index is 2.15. The molecule has 2 N–H and O–H groups in total. The largest absolute Gasteiger partial charge is 0.380 e. The van der Waals surface area contributed by atoms with Gasteiger partial charge in [0.15, 0.2) is 0 Å². The number of nitrogens with one attached hydrogen (secondary N) is 1. The van der Waals surface area contributed by atoms with Gasteiger partial charge in [0.05, 0.1) is 10.0 Å². The van der Waals surface area contributed by atoms with Gasteiger partial charge in [-0.3, -0.25) is 0 Å². The quantitative estimate of drug-likeness (QED) is 0.865. The Morgan fingerprint density at radius 2 is 1.90 bits per heavy atom. The second-order valence-corrected chi connectivity index (χ2v) is 6.27. The minimum atomic E-state index is -1.02. The highest BCUT2D eigenvalue weighted by Crippen LogP contribution is 2.45. The molecule has 0 aromatic heterocycles. The van der Waals surface area contributed by atoms with Crippen LogP contribution in [-0.2, 0) is 5.60 Å². The molecule has 0 amide bonds. The molecule has 0 fully saturated rings. The third-order valence-corrected chi connectivity index (χ3v) is 5.06. The van der Waals surface area contributed by atoms with E-state index in [-0.39, 0.29) is 6.04 Å². The average molecular weight is 322 g/mol. The molecule has 110 valence electrons. The molecule has 0 aliphatic heterocycles. The van der Waals surface area contributed by atoms with Crippen LogP contribution >= 0.6 is 23.2 Å². The highest BCUT2D eigenvalue weighted by atomic mass is 35.5. The van der Waals surface area contributed by atoms with E-state index in [1.54, 1.807) is 12.1 Å². The monoisotopic (exact) mass is 321 g/mol.